The first-order valence-electron chi connectivity index (χ1n) is 7.36. The van der Waals surface area contributed by atoms with Crippen molar-refractivity contribution in [2.45, 2.75) is 26.1 Å². The van der Waals surface area contributed by atoms with Crippen LogP contribution in [0.2, 0.25) is 0 Å². The molecule has 0 bridgehead atoms. The maximum Gasteiger partial charge on any atom is 0.0793 e. The number of ether oxygens (including phenoxy) is 1. The Hall–Kier alpha value is -0.200. The summed E-state index contributed by atoms with van der Waals surface area (Å²) in [6.45, 7) is 11.5. The van der Waals surface area contributed by atoms with E-state index in [1.54, 1.807) is 0 Å². The third kappa shape index (κ3) is 7.84. The molecule has 0 aliphatic carbocycles. The Morgan fingerprint density at radius 1 is 1.21 bits per heavy atom. The van der Waals surface area contributed by atoms with Crippen molar-refractivity contribution >= 4 is 0 Å². The molecule has 0 aromatic carbocycles. The van der Waals surface area contributed by atoms with Gasteiger partial charge in [0, 0.05) is 45.8 Å². The lowest BCUT2D eigenvalue weighted by Crippen LogP contribution is -2.48. The van der Waals surface area contributed by atoms with E-state index < -0.39 is 0 Å². The standard InChI is InChI=1S/C14H31N3O2/c1-13(2)19-10-9-16(4)11-14(18)12-17-7-5-15(3)6-8-17/h13-14,18H,5-12H2,1-4H3. The van der Waals surface area contributed by atoms with Crippen LogP contribution in [0.15, 0.2) is 0 Å². The van der Waals surface area contributed by atoms with Crippen LogP contribution in [0, 0.1) is 0 Å². The molecule has 1 N–H and O–H groups in total. The van der Waals surface area contributed by atoms with E-state index in [0.717, 1.165) is 45.9 Å². The van der Waals surface area contributed by atoms with Gasteiger partial charge in [-0.1, -0.05) is 0 Å². The van der Waals surface area contributed by atoms with Gasteiger partial charge in [0.2, 0.25) is 0 Å². The normalized spacial score (nSPS) is 20.4. The molecular weight excluding hydrogens is 242 g/mol. The first kappa shape index (κ1) is 16.9. The predicted octanol–water partition coefficient (Wildman–Crippen LogP) is -0.0485. The summed E-state index contributed by atoms with van der Waals surface area (Å²) >= 11 is 0. The lowest BCUT2D eigenvalue weighted by atomic mass is 10.2. The van der Waals surface area contributed by atoms with E-state index in [0.29, 0.717) is 6.54 Å². The maximum absolute atomic E-state index is 10.1. The van der Waals surface area contributed by atoms with Gasteiger partial charge in [0.05, 0.1) is 18.8 Å². The Morgan fingerprint density at radius 2 is 1.84 bits per heavy atom. The summed E-state index contributed by atoms with van der Waals surface area (Å²) in [4.78, 5) is 6.82. The molecule has 0 spiro atoms. The Morgan fingerprint density at radius 3 is 2.42 bits per heavy atom. The summed E-state index contributed by atoms with van der Waals surface area (Å²) in [6, 6.07) is 0. The zero-order chi connectivity index (χ0) is 14.3. The molecule has 19 heavy (non-hydrogen) atoms. The SMILES string of the molecule is CC(C)OCCN(C)CC(O)CN1CCN(C)CC1. The molecule has 0 aromatic heterocycles. The molecular formula is C14H31N3O2. The topological polar surface area (TPSA) is 39.2 Å². The van der Waals surface area contributed by atoms with Crippen molar-refractivity contribution in [1.82, 2.24) is 14.7 Å². The van der Waals surface area contributed by atoms with Crippen LogP contribution in [0.5, 0.6) is 0 Å². The van der Waals surface area contributed by atoms with Crippen LogP contribution in [0.1, 0.15) is 13.8 Å². The van der Waals surface area contributed by atoms with Crippen molar-refractivity contribution in [2.24, 2.45) is 0 Å². The van der Waals surface area contributed by atoms with Gasteiger partial charge in [0.25, 0.3) is 0 Å². The van der Waals surface area contributed by atoms with Gasteiger partial charge < -0.3 is 19.6 Å². The Bertz CT molecular complexity index is 231. The van der Waals surface area contributed by atoms with Crippen LogP contribution in [0.25, 0.3) is 0 Å². The second kappa shape index (κ2) is 8.87. The van der Waals surface area contributed by atoms with Crippen molar-refractivity contribution in [3.05, 3.63) is 0 Å². The van der Waals surface area contributed by atoms with Gasteiger partial charge in [-0.05, 0) is 27.9 Å². The molecule has 1 heterocycles. The van der Waals surface area contributed by atoms with E-state index in [1.807, 2.05) is 20.9 Å². The van der Waals surface area contributed by atoms with E-state index >= 15 is 0 Å². The minimum absolute atomic E-state index is 0.271. The summed E-state index contributed by atoms with van der Waals surface area (Å²) < 4.78 is 5.52. The predicted molar refractivity (Wildman–Crippen MR) is 78.5 cm³/mol. The molecule has 1 aliphatic heterocycles. The number of aliphatic hydroxyl groups is 1. The molecule has 1 aliphatic rings. The highest BCUT2D eigenvalue weighted by Gasteiger charge is 2.17. The van der Waals surface area contributed by atoms with E-state index in [2.05, 4.69) is 21.7 Å². The molecule has 5 heteroatoms. The van der Waals surface area contributed by atoms with E-state index in [9.17, 15) is 5.11 Å². The Labute approximate surface area is 118 Å². The average molecular weight is 273 g/mol. The fourth-order valence-corrected chi connectivity index (χ4v) is 2.28. The van der Waals surface area contributed by atoms with E-state index in [4.69, 9.17) is 4.74 Å². The first-order chi connectivity index (χ1) is 8.97. The molecule has 0 aromatic rings. The number of hydrogen-bond donors (Lipinski definition) is 1. The second-order valence-electron chi connectivity index (χ2n) is 5.94. The van der Waals surface area contributed by atoms with Gasteiger partial charge in [-0.3, -0.25) is 4.90 Å². The number of hydrogen-bond acceptors (Lipinski definition) is 5. The molecule has 114 valence electrons. The Balaban J connectivity index is 2.10. The van der Waals surface area contributed by atoms with Crippen LogP contribution in [0.3, 0.4) is 0 Å². The van der Waals surface area contributed by atoms with Crippen molar-refractivity contribution in [2.75, 3.05) is 66.5 Å². The summed E-state index contributed by atoms with van der Waals surface area (Å²) in [5, 5.41) is 10.1. The average Bonchev–Trinajstić information content (AvgIpc) is 2.31. The fourth-order valence-electron chi connectivity index (χ4n) is 2.28. The highest BCUT2D eigenvalue weighted by atomic mass is 16.5. The number of likely N-dealkylation sites (N-methyl/N-ethyl adjacent to an activating group) is 2. The van der Waals surface area contributed by atoms with Gasteiger partial charge in [-0.25, -0.2) is 0 Å². The largest absolute Gasteiger partial charge is 0.390 e. The molecule has 0 saturated carbocycles. The fraction of sp³-hybridized carbons (Fsp3) is 1.00. The van der Waals surface area contributed by atoms with Crippen molar-refractivity contribution in [3.63, 3.8) is 0 Å². The summed E-state index contributed by atoms with van der Waals surface area (Å²) in [7, 11) is 4.19. The van der Waals surface area contributed by atoms with Crippen LogP contribution in [0.4, 0.5) is 0 Å². The van der Waals surface area contributed by atoms with E-state index in [-0.39, 0.29) is 12.2 Å². The zero-order valence-electron chi connectivity index (χ0n) is 13.0. The molecule has 1 atom stereocenters. The van der Waals surface area contributed by atoms with Gasteiger partial charge >= 0.3 is 0 Å². The van der Waals surface area contributed by atoms with Crippen molar-refractivity contribution < 1.29 is 9.84 Å². The van der Waals surface area contributed by atoms with Gasteiger partial charge in [-0.2, -0.15) is 0 Å². The molecule has 0 amide bonds. The van der Waals surface area contributed by atoms with E-state index in [1.165, 1.54) is 0 Å². The zero-order valence-corrected chi connectivity index (χ0v) is 13.0. The second-order valence-corrected chi connectivity index (χ2v) is 5.94. The molecule has 1 saturated heterocycles. The van der Waals surface area contributed by atoms with Gasteiger partial charge in [-0.15, -0.1) is 0 Å². The van der Waals surface area contributed by atoms with Crippen LogP contribution < -0.4 is 0 Å². The molecule has 1 rings (SSSR count). The summed E-state index contributed by atoms with van der Waals surface area (Å²) in [5.74, 6) is 0. The smallest absolute Gasteiger partial charge is 0.0793 e. The number of β-amino-alcohol motifs (C(OH)–C–C–N with tert-alkyl or cyclic N) is 1. The lowest BCUT2D eigenvalue weighted by molar-refractivity contribution is 0.0375. The van der Waals surface area contributed by atoms with Crippen LogP contribution >= 0.6 is 0 Å². The van der Waals surface area contributed by atoms with Crippen molar-refractivity contribution in [1.29, 1.82) is 0 Å². The monoisotopic (exact) mass is 273 g/mol. The molecule has 1 unspecified atom stereocenters. The quantitative estimate of drug-likeness (QED) is 0.671. The molecule has 5 nitrogen and oxygen atoms in total. The first-order valence-corrected chi connectivity index (χ1v) is 7.36. The number of rotatable bonds is 8. The molecule has 1 fully saturated rings. The van der Waals surface area contributed by atoms with Gasteiger partial charge in [0.15, 0.2) is 0 Å². The van der Waals surface area contributed by atoms with Gasteiger partial charge in [0.1, 0.15) is 0 Å². The summed E-state index contributed by atoms with van der Waals surface area (Å²) in [5.41, 5.74) is 0. The van der Waals surface area contributed by atoms with Crippen LogP contribution in [-0.2, 0) is 4.74 Å². The number of piperazine rings is 1. The third-order valence-corrected chi connectivity index (χ3v) is 3.51. The summed E-state index contributed by atoms with van der Waals surface area (Å²) in [6.07, 6.45) is 0.0103. The number of aliphatic hydroxyl groups excluding tert-OH is 1. The lowest BCUT2D eigenvalue weighted by Gasteiger charge is -2.34. The van der Waals surface area contributed by atoms with Crippen molar-refractivity contribution in [3.8, 4) is 0 Å². The Kier molecular flexibility index (Phi) is 7.87. The minimum Gasteiger partial charge on any atom is -0.390 e. The highest BCUT2D eigenvalue weighted by Crippen LogP contribution is 2.01. The molecule has 0 radical (unpaired) electrons. The van der Waals surface area contributed by atoms with Crippen LogP contribution in [-0.4, -0.2) is 98.5 Å². The maximum atomic E-state index is 10.1. The number of nitrogens with zero attached hydrogens (tertiary/aromatic N) is 3. The highest BCUT2D eigenvalue weighted by molar-refractivity contribution is 4.73. The third-order valence-electron chi connectivity index (χ3n) is 3.51. The minimum atomic E-state index is -0.271.